The minimum absolute atomic E-state index is 0.131. The van der Waals surface area contributed by atoms with Crippen molar-refractivity contribution in [2.24, 2.45) is 0 Å². The lowest BCUT2D eigenvalue weighted by molar-refractivity contribution is -0.122. The molecule has 0 fully saturated rings. The Morgan fingerprint density at radius 3 is 2.60 bits per heavy atom. The number of rotatable bonds is 4. The highest BCUT2D eigenvalue weighted by molar-refractivity contribution is 5.95. The van der Waals surface area contributed by atoms with Crippen LogP contribution in [-0.4, -0.2) is 33.1 Å². The van der Waals surface area contributed by atoms with Crippen LogP contribution in [0.1, 0.15) is 20.8 Å². The topological polar surface area (TPSA) is 106 Å². The van der Waals surface area contributed by atoms with E-state index in [1.54, 1.807) is 30.3 Å². The number of carbonyl (C=O) groups excluding carboxylic acids is 3. The van der Waals surface area contributed by atoms with Crippen molar-refractivity contribution in [3.63, 3.8) is 0 Å². The molecule has 0 radical (unpaired) electrons. The summed E-state index contributed by atoms with van der Waals surface area (Å²) in [6.45, 7) is -0.157. The summed E-state index contributed by atoms with van der Waals surface area (Å²) in [5.41, 5.74) is 5.07. The van der Waals surface area contributed by atoms with Crippen LogP contribution in [0, 0.1) is 0 Å². The van der Waals surface area contributed by atoms with E-state index in [1.165, 1.54) is 10.9 Å². The Balaban J connectivity index is 1.83. The number of amides is 2. The first kappa shape index (κ1) is 13.4. The Bertz CT molecular complexity index is 623. The van der Waals surface area contributed by atoms with Gasteiger partial charge in [-0.2, -0.15) is 0 Å². The highest BCUT2D eigenvalue weighted by Gasteiger charge is 2.08. The number of nitrogens with zero attached hydrogens (tertiary/aromatic N) is 3. The van der Waals surface area contributed by atoms with E-state index in [0.29, 0.717) is 11.8 Å². The summed E-state index contributed by atoms with van der Waals surface area (Å²) in [5, 5.41) is 7.08. The lowest BCUT2D eigenvalue weighted by Crippen LogP contribution is -2.43. The van der Waals surface area contributed by atoms with E-state index in [1.807, 2.05) is 0 Å². The van der Waals surface area contributed by atoms with Gasteiger partial charge < -0.3 is 0 Å². The second-order valence-corrected chi connectivity index (χ2v) is 3.83. The van der Waals surface area contributed by atoms with Gasteiger partial charge in [0.25, 0.3) is 11.8 Å². The Morgan fingerprint density at radius 2 is 1.95 bits per heavy atom. The predicted molar refractivity (Wildman–Crippen MR) is 67.5 cm³/mol. The van der Waals surface area contributed by atoms with E-state index in [-0.39, 0.29) is 12.2 Å². The Morgan fingerprint density at radius 1 is 1.20 bits per heavy atom. The van der Waals surface area contributed by atoms with Crippen LogP contribution in [0.15, 0.2) is 36.5 Å². The third-order valence-corrected chi connectivity index (χ3v) is 2.33. The minimum Gasteiger partial charge on any atom is -0.296 e. The predicted octanol–water partition coefficient (Wildman–Crippen LogP) is -0.448. The zero-order valence-electron chi connectivity index (χ0n) is 10.3. The molecule has 0 aliphatic carbocycles. The molecule has 2 aromatic rings. The molecule has 2 N–H and O–H groups in total. The van der Waals surface area contributed by atoms with Crippen molar-refractivity contribution in [2.45, 2.75) is 6.54 Å². The van der Waals surface area contributed by atoms with Gasteiger partial charge in [-0.3, -0.25) is 25.2 Å². The van der Waals surface area contributed by atoms with Gasteiger partial charge in [0.1, 0.15) is 12.2 Å². The molecule has 0 bridgehead atoms. The van der Waals surface area contributed by atoms with Crippen molar-refractivity contribution in [3.8, 4) is 0 Å². The molecule has 8 nitrogen and oxygen atoms in total. The van der Waals surface area contributed by atoms with Crippen LogP contribution in [0.25, 0.3) is 0 Å². The van der Waals surface area contributed by atoms with E-state index >= 15 is 0 Å². The lowest BCUT2D eigenvalue weighted by Gasteiger charge is -2.06. The van der Waals surface area contributed by atoms with Gasteiger partial charge in [0.15, 0.2) is 6.29 Å². The molecule has 0 saturated carbocycles. The van der Waals surface area contributed by atoms with E-state index in [9.17, 15) is 14.4 Å². The van der Waals surface area contributed by atoms with Crippen LogP contribution >= 0.6 is 0 Å². The number of hydrogen-bond acceptors (Lipinski definition) is 5. The van der Waals surface area contributed by atoms with Crippen LogP contribution in [0.5, 0.6) is 0 Å². The highest BCUT2D eigenvalue weighted by Crippen LogP contribution is 1.96. The molecule has 1 heterocycles. The largest absolute Gasteiger partial charge is 0.296 e. The summed E-state index contributed by atoms with van der Waals surface area (Å²) in [6, 6.07) is 8.45. The monoisotopic (exact) mass is 273 g/mol. The minimum atomic E-state index is -0.489. The molecular weight excluding hydrogens is 262 g/mol. The van der Waals surface area contributed by atoms with Crippen LogP contribution in [0.2, 0.25) is 0 Å². The molecule has 1 aromatic carbocycles. The van der Waals surface area contributed by atoms with Gasteiger partial charge in [-0.05, 0) is 12.1 Å². The summed E-state index contributed by atoms with van der Waals surface area (Å²) in [4.78, 5) is 33.6. The summed E-state index contributed by atoms with van der Waals surface area (Å²) in [7, 11) is 0. The molecular formula is C12H11N5O3. The SMILES string of the molecule is O=Cc1cn(CC(=O)NNC(=O)c2ccccc2)nn1. The highest BCUT2D eigenvalue weighted by atomic mass is 16.2. The molecule has 0 aliphatic heterocycles. The molecule has 0 spiro atoms. The van der Waals surface area contributed by atoms with Gasteiger partial charge >= 0.3 is 0 Å². The first-order valence-corrected chi connectivity index (χ1v) is 5.68. The molecule has 1 aromatic heterocycles. The zero-order valence-corrected chi connectivity index (χ0v) is 10.3. The van der Waals surface area contributed by atoms with E-state index < -0.39 is 11.8 Å². The molecule has 8 heteroatoms. The maximum atomic E-state index is 11.6. The molecule has 0 unspecified atom stereocenters. The van der Waals surface area contributed by atoms with Gasteiger partial charge in [0, 0.05) is 5.56 Å². The van der Waals surface area contributed by atoms with E-state index in [4.69, 9.17) is 0 Å². The molecule has 0 aliphatic rings. The molecule has 0 saturated heterocycles. The van der Waals surface area contributed by atoms with Crippen molar-refractivity contribution < 1.29 is 14.4 Å². The molecule has 102 valence electrons. The van der Waals surface area contributed by atoms with Crippen LogP contribution < -0.4 is 10.9 Å². The van der Waals surface area contributed by atoms with Crippen molar-refractivity contribution in [1.82, 2.24) is 25.8 Å². The first-order chi connectivity index (χ1) is 9.69. The number of aromatic nitrogens is 3. The number of hydrazine groups is 1. The van der Waals surface area contributed by atoms with Crippen molar-refractivity contribution in [3.05, 3.63) is 47.8 Å². The third kappa shape index (κ3) is 3.48. The van der Waals surface area contributed by atoms with Crippen molar-refractivity contribution in [2.75, 3.05) is 0 Å². The van der Waals surface area contributed by atoms with Gasteiger partial charge in [0.05, 0.1) is 6.20 Å². The molecule has 2 rings (SSSR count). The number of aldehydes is 1. The first-order valence-electron chi connectivity index (χ1n) is 5.68. The van der Waals surface area contributed by atoms with Crippen molar-refractivity contribution >= 4 is 18.1 Å². The number of hydrogen-bond donors (Lipinski definition) is 2. The standard InChI is InChI=1S/C12H11N5O3/c18-8-10-6-17(16-13-10)7-11(19)14-15-12(20)9-4-2-1-3-5-9/h1-6,8H,7H2,(H,14,19)(H,15,20). The molecule has 2 amide bonds. The van der Waals surface area contributed by atoms with Crippen LogP contribution in [0.3, 0.4) is 0 Å². The molecule has 20 heavy (non-hydrogen) atoms. The van der Waals surface area contributed by atoms with E-state index in [2.05, 4.69) is 21.2 Å². The van der Waals surface area contributed by atoms with Gasteiger partial charge in [-0.1, -0.05) is 23.4 Å². The quantitative estimate of drug-likeness (QED) is 0.580. The van der Waals surface area contributed by atoms with Crippen molar-refractivity contribution in [1.29, 1.82) is 0 Å². The van der Waals surface area contributed by atoms with Gasteiger partial charge in [0.2, 0.25) is 0 Å². The fourth-order valence-electron chi connectivity index (χ4n) is 1.42. The fourth-order valence-corrected chi connectivity index (χ4v) is 1.42. The van der Waals surface area contributed by atoms with Crippen LogP contribution in [0.4, 0.5) is 0 Å². The normalized spacial score (nSPS) is 9.80. The smallest absolute Gasteiger partial charge is 0.269 e. The number of carbonyl (C=O) groups is 3. The lowest BCUT2D eigenvalue weighted by atomic mass is 10.2. The van der Waals surface area contributed by atoms with Gasteiger partial charge in [-0.25, -0.2) is 4.68 Å². The summed E-state index contributed by atoms with van der Waals surface area (Å²) >= 11 is 0. The summed E-state index contributed by atoms with van der Waals surface area (Å²) in [6.07, 6.45) is 1.85. The van der Waals surface area contributed by atoms with Crippen LogP contribution in [-0.2, 0) is 11.3 Å². The Labute approximate surface area is 113 Å². The zero-order chi connectivity index (χ0) is 14.4. The van der Waals surface area contributed by atoms with E-state index in [0.717, 1.165) is 0 Å². The second kappa shape index (κ2) is 6.23. The number of nitrogens with one attached hydrogen (secondary N) is 2. The molecule has 0 atom stereocenters. The fraction of sp³-hybridized carbons (Fsp3) is 0.0833. The maximum Gasteiger partial charge on any atom is 0.269 e. The summed E-state index contributed by atoms with van der Waals surface area (Å²) < 4.78 is 1.19. The number of benzene rings is 1. The third-order valence-electron chi connectivity index (χ3n) is 2.33. The summed E-state index contributed by atoms with van der Waals surface area (Å²) in [5.74, 6) is -0.914. The Kier molecular flexibility index (Phi) is 4.17. The Hall–Kier alpha value is -3.03. The maximum absolute atomic E-state index is 11.6. The van der Waals surface area contributed by atoms with Gasteiger partial charge in [-0.15, -0.1) is 5.10 Å². The average molecular weight is 273 g/mol. The second-order valence-electron chi connectivity index (χ2n) is 3.83. The average Bonchev–Trinajstić information content (AvgIpc) is 2.93.